The lowest BCUT2D eigenvalue weighted by Gasteiger charge is -2.33. The van der Waals surface area contributed by atoms with Crippen LogP contribution < -0.4 is 9.47 Å². The number of ether oxygens (including phenoxy) is 3. The molecule has 1 saturated heterocycles. The van der Waals surface area contributed by atoms with E-state index in [1.807, 2.05) is 24.3 Å². The van der Waals surface area contributed by atoms with Crippen LogP contribution in [0.5, 0.6) is 11.5 Å². The first-order chi connectivity index (χ1) is 10.3. The summed E-state index contributed by atoms with van der Waals surface area (Å²) in [6.07, 6.45) is 3.05. The molecule has 0 bridgehead atoms. The molecule has 1 aromatic carbocycles. The Kier molecular flexibility index (Phi) is 5.87. The lowest BCUT2D eigenvalue weighted by Crippen LogP contribution is -2.46. The van der Waals surface area contributed by atoms with Crippen molar-refractivity contribution < 1.29 is 19.0 Å². The Morgan fingerprint density at radius 2 is 2.00 bits per heavy atom. The van der Waals surface area contributed by atoms with Crippen molar-refractivity contribution in [2.75, 3.05) is 33.9 Å². The Labute approximate surface area is 125 Å². The standard InChI is InChI=1S/C16H23NO4/c1-19-14-8-3-4-9-15(14)21-12-11-17-10-6-5-7-13(17)16(18)20-2/h3-4,8-9,13H,5-7,10-12H2,1-2H3/t13-/m1/s1. The van der Waals surface area contributed by atoms with Gasteiger partial charge in [0.15, 0.2) is 11.5 Å². The van der Waals surface area contributed by atoms with Gasteiger partial charge in [0.05, 0.1) is 14.2 Å². The van der Waals surface area contributed by atoms with Gasteiger partial charge in [0.25, 0.3) is 0 Å². The number of hydrogen-bond donors (Lipinski definition) is 0. The van der Waals surface area contributed by atoms with Crippen LogP contribution in [0.25, 0.3) is 0 Å². The fraction of sp³-hybridized carbons (Fsp3) is 0.562. The van der Waals surface area contributed by atoms with Crippen molar-refractivity contribution in [2.24, 2.45) is 0 Å². The van der Waals surface area contributed by atoms with Crippen LogP contribution in [0.3, 0.4) is 0 Å². The molecule has 0 aliphatic carbocycles. The van der Waals surface area contributed by atoms with Crippen molar-refractivity contribution in [1.29, 1.82) is 0 Å². The van der Waals surface area contributed by atoms with Crippen LogP contribution in [0.4, 0.5) is 0 Å². The van der Waals surface area contributed by atoms with Crippen molar-refractivity contribution in [1.82, 2.24) is 4.90 Å². The van der Waals surface area contributed by atoms with E-state index < -0.39 is 0 Å². The predicted octanol–water partition coefficient (Wildman–Crippen LogP) is 2.10. The van der Waals surface area contributed by atoms with Crippen LogP contribution in [0.2, 0.25) is 0 Å². The molecule has 2 rings (SSSR count). The molecule has 1 aliphatic heterocycles. The predicted molar refractivity (Wildman–Crippen MR) is 79.7 cm³/mol. The van der Waals surface area contributed by atoms with Crippen LogP contribution in [-0.2, 0) is 9.53 Å². The van der Waals surface area contributed by atoms with E-state index in [0.29, 0.717) is 13.2 Å². The maximum atomic E-state index is 11.8. The van der Waals surface area contributed by atoms with Crippen molar-refractivity contribution in [3.8, 4) is 11.5 Å². The molecular weight excluding hydrogens is 270 g/mol. The number of carbonyl (C=O) groups excluding carboxylic acids is 1. The Bertz CT molecular complexity index is 463. The smallest absolute Gasteiger partial charge is 0.323 e. The molecule has 0 radical (unpaired) electrons. The van der Waals surface area contributed by atoms with Crippen LogP contribution in [0.1, 0.15) is 19.3 Å². The third kappa shape index (κ3) is 4.11. The summed E-state index contributed by atoms with van der Waals surface area (Å²) in [6.45, 7) is 2.14. The molecule has 0 unspecified atom stereocenters. The van der Waals surface area contributed by atoms with E-state index >= 15 is 0 Å². The number of para-hydroxylation sites is 2. The molecule has 0 aromatic heterocycles. The Balaban J connectivity index is 1.87. The largest absolute Gasteiger partial charge is 0.493 e. The Morgan fingerprint density at radius 3 is 2.71 bits per heavy atom. The van der Waals surface area contributed by atoms with Gasteiger partial charge >= 0.3 is 5.97 Å². The molecule has 1 aromatic rings. The number of rotatable bonds is 6. The molecule has 0 spiro atoms. The first-order valence-electron chi connectivity index (χ1n) is 7.34. The van der Waals surface area contributed by atoms with Gasteiger partial charge in [-0.2, -0.15) is 0 Å². The van der Waals surface area contributed by atoms with Gasteiger partial charge in [-0.25, -0.2) is 0 Å². The number of hydrogen-bond acceptors (Lipinski definition) is 5. The summed E-state index contributed by atoms with van der Waals surface area (Å²) >= 11 is 0. The molecule has 0 saturated carbocycles. The van der Waals surface area contributed by atoms with Crippen LogP contribution in [0.15, 0.2) is 24.3 Å². The first-order valence-corrected chi connectivity index (χ1v) is 7.34. The highest BCUT2D eigenvalue weighted by molar-refractivity contribution is 5.75. The van der Waals surface area contributed by atoms with Crippen molar-refractivity contribution >= 4 is 5.97 Å². The minimum atomic E-state index is -0.146. The second-order valence-corrected chi connectivity index (χ2v) is 5.07. The Hall–Kier alpha value is -1.75. The van der Waals surface area contributed by atoms with Gasteiger partial charge in [-0.1, -0.05) is 18.6 Å². The molecule has 1 fully saturated rings. The van der Waals surface area contributed by atoms with Gasteiger partial charge in [0.2, 0.25) is 0 Å². The van der Waals surface area contributed by atoms with Gasteiger partial charge < -0.3 is 14.2 Å². The molecule has 21 heavy (non-hydrogen) atoms. The van der Waals surface area contributed by atoms with E-state index in [2.05, 4.69) is 4.90 Å². The average molecular weight is 293 g/mol. The SMILES string of the molecule is COC(=O)[C@H]1CCCCN1CCOc1ccccc1OC. The van der Waals surface area contributed by atoms with E-state index in [9.17, 15) is 4.79 Å². The highest BCUT2D eigenvalue weighted by atomic mass is 16.5. The highest BCUT2D eigenvalue weighted by Crippen LogP contribution is 2.26. The zero-order valence-electron chi connectivity index (χ0n) is 12.7. The third-order valence-electron chi connectivity index (χ3n) is 3.79. The van der Waals surface area contributed by atoms with Crippen LogP contribution in [0, 0.1) is 0 Å². The molecule has 0 N–H and O–H groups in total. The van der Waals surface area contributed by atoms with Crippen molar-refractivity contribution in [3.05, 3.63) is 24.3 Å². The number of carbonyl (C=O) groups is 1. The zero-order valence-corrected chi connectivity index (χ0v) is 12.7. The molecule has 1 heterocycles. The molecule has 5 nitrogen and oxygen atoms in total. The fourth-order valence-corrected chi connectivity index (χ4v) is 2.67. The van der Waals surface area contributed by atoms with E-state index in [0.717, 1.165) is 37.3 Å². The second-order valence-electron chi connectivity index (χ2n) is 5.07. The first kappa shape index (κ1) is 15.6. The lowest BCUT2D eigenvalue weighted by atomic mass is 10.0. The zero-order chi connectivity index (χ0) is 15.1. The number of piperidine rings is 1. The van der Waals surface area contributed by atoms with Crippen LogP contribution in [-0.4, -0.2) is 50.8 Å². The lowest BCUT2D eigenvalue weighted by molar-refractivity contribution is -0.148. The summed E-state index contributed by atoms with van der Waals surface area (Å²) in [6, 6.07) is 7.44. The summed E-state index contributed by atoms with van der Waals surface area (Å²) < 4.78 is 15.9. The third-order valence-corrected chi connectivity index (χ3v) is 3.79. The van der Waals surface area contributed by atoms with E-state index in [1.165, 1.54) is 7.11 Å². The molecule has 116 valence electrons. The fourth-order valence-electron chi connectivity index (χ4n) is 2.67. The van der Waals surface area contributed by atoms with Gasteiger partial charge in [-0.05, 0) is 31.5 Å². The number of benzene rings is 1. The molecule has 0 amide bonds. The molecule has 1 aliphatic rings. The molecular formula is C16H23NO4. The second kappa shape index (κ2) is 7.88. The van der Waals surface area contributed by atoms with E-state index in [4.69, 9.17) is 14.2 Å². The topological polar surface area (TPSA) is 48.0 Å². The van der Waals surface area contributed by atoms with Crippen LogP contribution >= 0.6 is 0 Å². The maximum absolute atomic E-state index is 11.8. The van der Waals surface area contributed by atoms with E-state index in [-0.39, 0.29) is 12.0 Å². The Morgan fingerprint density at radius 1 is 1.24 bits per heavy atom. The maximum Gasteiger partial charge on any atom is 0.323 e. The average Bonchev–Trinajstić information content (AvgIpc) is 2.55. The van der Waals surface area contributed by atoms with Crippen molar-refractivity contribution in [3.63, 3.8) is 0 Å². The van der Waals surface area contributed by atoms with Gasteiger partial charge in [-0.3, -0.25) is 9.69 Å². The van der Waals surface area contributed by atoms with Gasteiger partial charge in [0.1, 0.15) is 12.6 Å². The summed E-state index contributed by atoms with van der Waals surface area (Å²) in [4.78, 5) is 13.9. The molecule has 5 heteroatoms. The quantitative estimate of drug-likeness (QED) is 0.752. The van der Waals surface area contributed by atoms with Crippen molar-refractivity contribution in [2.45, 2.75) is 25.3 Å². The van der Waals surface area contributed by atoms with Gasteiger partial charge in [-0.15, -0.1) is 0 Å². The summed E-state index contributed by atoms with van der Waals surface area (Å²) in [5.41, 5.74) is 0. The summed E-state index contributed by atoms with van der Waals surface area (Å²) in [5.74, 6) is 1.30. The highest BCUT2D eigenvalue weighted by Gasteiger charge is 2.29. The monoisotopic (exact) mass is 293 g/mol. The summed E-state index contributed by atoms with van der Waals surface area (Å²) in [7, 11) is 3.07. The normalized spacial score (nSPS) is 19.0. The number of esters is 1. The minimum Gasteiger partial charge on any atom is -0.493 e. The number of likely N-dealkylation sites (tertiary alicyclic amines) is 1. The summed E-state index contributed by atoms with van der Waals surface area (Å²) in [5, 5.41) is 0. The minimum absolute atomic E-state index is 0.134. The number of methoxy groups -OCH3 is 2. The molecule has 1 atom stereocenters. The van der Waals surface area contributed by atoms with E-state index in [1.54, 1.807) is 7.11 Å². The number of nitrogens with zero attached hydrogens (tertiary/aromatic N) is 1. The van der Waals surface area contributed by atoms with Gasteiger partial charge in [0, 0.05) is 6.54 Å².